The van der Waals surface area contributed by atoms with Crippen molar-refractivity contribution in [2.45, 2.75) is 38.3 Å². The van der Waals surface area contributed by atoms with Gasteiger partial charge in [0.2, 0.25) is 0 Å². The lowest BCUT2D eigenvalue weighted by molar-refractivity contribution is 0.120. The van der Waals surface area contributed by atoms with Crippen LogP contribution in [0.1, 0.15) is 36.5 Å². The molecule has 2 saturated heterocycles. The average Bonchev–Trinajstić information content (AvgIpc) is 3.09. The van der Waals surface area contributed by atoms with Gasteiger partial charge in [-0.1, -0.05) is 24.3 Å². The molecule has 20 heavy (non-hydrogen) atoms. The van der Waals surface area contributed by atoms with Gasteiger partial charge in [-0.3, -0.25) is 9.80 Å². The van der Waals surface area contributed by atoms with E-state index in [1.807, 2.05) is 18.2 Å². The Labute approximate surface area is 122 Å². The van der Waals surface area contributed by atoms with Crippen LogP contribution < -0.4 is 0 Å². The van der Waals surface area contributed by atoms with Gasteiger partial charge < -0.3 is 5.11 Å². The maximum absolute atomic E-state index is 10.5. The molecule has 1 aromatic rings. The number of aliphatic hydroxyl groups excluding tert-OH is 1. The highest BCUT2D eigenvalue weighted by molar-refractivity contribution is 5.27. The lowest BCUT2D eigenvalue weighted by Crippen LogP contribution is -2.36. The molecular weight excluding hydrogens is 248 g/mol. The van der Waals surface area contributed by atoms with Crippen LogP contribution in [0, 0.1) is 6.92 Å². The Morgan fingerprint density at radius 1 is 1.20 bits per heavy atom. The summed E-state index contributed by atoms with van der Waals surface area (Å²) < 4.78 is 0. The van der Waals surface area contributed by atoms with E-state index in [2.05, 4.69) is 22.8 Å². The summed E-state index contributed by atoms with van der Waals surface area (Å²) in [6.07, 6.45) is 3.64. The molecule has 2 atom stereocenters. The number of rotatable bonds is 4. The second kappa shape index (κ2) is 6.25. The van der Waals surface area contributed by atoms with Gasteiger partial charge in [-0.2, -0.15) is 0 Å². The maximum atomic E-state index is 10.5. The first-order valence-corrected chi connectivity index (χ1v) is 7.94. The van der Waals surface area contributed by atoms with Gasteiger partial charge >= 0.3 is 0 Å². The van der Waals surface area contributed by atoms with E-state index in [0.29, 0.717) is 0 Å². The molecule has 0 radical (unpaired) electrons. The van der Waals surface area contributed by atoms with Gasteiger partial charge in [-0.15, -0.1) is 0 Å². The minimum Gasteiger partial charge on any atom is -0.387 e. The van der Waals surface area contributed by atoms with Crippen LogP contribution in [0.4, 0.5) is 0 Å². The van der Waals surface area contributed by atoms with Crippen molar-refractivity contribution >= 4 is 0 Å². The number of aryl methyl sites for hydroxylation is 1. The molecule has 1 aromatic carbocycles. The topological polar surface area (TPSA) is 26.7 Å². The summed E-state index contributed by atoms with van der Waals surface area (Å²) in [4.78, 5) is 5.07. The first-order valence-electron chi connectivity index (χ1n) is 7.94. The van der Waals surface area contributed by atoms with Crippen LogP contribution in [0.2, 0.25) is 0 Å². The molecule has 0 spiro atoms. The summed E-state index contributed by atoms with van der Waals surface area (Å²) in [7, 11) is 0. The number of aliphatic hydroxyl groups is 1. The zero-order valence-electron chi connectivity index (χ0n) is 12.5. The fourth-order valence-electron chi connectivity index (χ4n) is 3.69. The third-order valence-corrected chi connectivity index (χ3v) is 4.88. The second-order valence-corrected chi connectivity index (χ2v) is 6.32. The van der Waals surface area contributed by atoms with Crippen molar-refractivity contribution in [2.75, 3.05) is 32.7 Å². The molecule has 2 aliphatic heterocycles. The number of nitrogens with zero attached hydrogens (tertiary/aromatic N) is 2. The zero-order valence-corrected chi connectivity index (χ0v) is 12.5. The number of hydrogen-bond donors (Lipinski definition) is 1. The molecule has 110 valence electrons. The van der Waals surface area contributed by atoms with E-state index in [9.17, 15) is 5.11 Å². The van der Waals surface area contributed by atoms with Crippen LogP contribution in [-0.4, -0.2) is 53.7 Å². The van der Waals surface area contributed by atoms with Gasteiger partial charge in [0.25, 0.3) is 0 Å². The largest absolute Gasteiger partial charge is 0.387 e. The summed E-state index contributed by atoms with van der Waals surface area (Å²) in [6.45, 7) is 7.66. The van der Waals surface area contributed by atoms with E-state index in [4.69, 9.17) is 0 Å². The Bertz CT molecular complexity index is 442. The predicted molar refractivity (Wildman–Crippen MR) is 81.8 cm³/mol. The van der Waals surface area contributed by atoms with E-state index in [1.165, 1.54) is 37.9 Å². The van der Waals surface area contributed by atoms with Crippen LogP contribution in [0.25, 0.3) is 0 Å². The van der Waals surface area contributed by atoms with Crippen LogP contribution in [-0.2, 0) is 0 Å². The molecule has 2 unspecified atom stereocenters. The fourth-order valence-corrected chi connectivity index (χ4v) is 3.69. The second-order valence-electron chi connectivity index (χ2n) is 6.32. The SMILES string of the molecule is Cc1ccccc1C(O)CN1CCC(N2CCCC2)C1. The Hall–Kier alpha value is -0.900. The van der Waals surface area contributed by atoms with Crippen molar-refractivity contribution in [3.63, 3.8) is 0 Å². The van der Waals surface area contributed by atoms with Crippen molar-refractivity contribution in [1.29, 1.82) is 0 Å². The maximum Gasteiger partial charge on any atom is 0.0919 e. The fraction of sp³-hybridized carbons (Fsp3) is 0.647. The molecule has 0 bridgehead atoms. The molecule has 0 aliphatic carbocycles. The van der Waals surface area contributed by atoms with Crippen LogP contribution in [0.5, 0.6) is 0 Å². The van der Waals surface area contributed by atoms with E-state index >= 15 is 0 Å². The van der Waals surface area contributed by atoms with Crippen LogP contribution in [0.15, 0.2) is 24.3 Å². The van der Waals surface area contributed by atoms with E-state index in [-0.39, 0.29) is 6.10 Å². The van der Waals surface area contributed by atoms with E-state index in [0.717, 1.165) is 31.2 Å². The highest BCUT2D eigenvalue weighted by Crippen LogP contribution is 2.24. The molecule has 2 heterocycles. The minimum atomic E-state index is -0.353. The monoisotopic (exact) mass is 274 g/mol. The predicted octanol–water partition coefficient (Wildman–Crippen LogP) is 2.20. The molecule has 3 heteroatoms. The van der Waals surface area contributed by atoms with Crippen molar-refractivity contribution in [3.05, 3.63) is 35.4 Å². The Balaban J connectivity index is 1.55. The van der Waals surface area contributed by atoms with Crippen LogP contribution >= 0.6 is 0 Å². The summed E-state index contributed by atoms with van der Waals surface area (Å²) in [5.41, 5.74) is 2.27. The molecule has 0 amide bonds. The molecule has 2 fully saturated rings. The van der Waals surface area contributed by atoms with E-state index in [1.54, 1.807) is 0 Å². The van der Waals surface area contributed by atoms with Crippen molar-refractivity contribution < 1.29 is 5.11 Å². The third kappa shape index (κ3) is 3.05. The van der Waals surface area contributed by atoms with Gasteiger partial charge in [-0.25, -0.2) is 0 Å². The number of benzene rings is 1. The number of likely N-dealkylation sites (tertiary alicyclic amines) is 2. The molecule has 1 N–H and O–H groups in total. The normalized spacial score (nSPS) is 26.2. The molecule has 0 saturated carbocycles. The lowest BCUT2D eigenvalue weighted by atomic mass is 10.0. The lowest BCUT2D eigenvalue weighted by Gasteiger charge is -2.25. The van der Waals surface area contributed by atoms with Gasteiger partial charge in [0.1, 0.15) is 0 Å². The third-order valence-electron chi connectivity index (χ3n) is 4.88. The summed E-state index contributed by atoms with van der Waals surface area (Å²) in [6, 6.07) is 8.90. The Morgan fingerprint density at radius 3 is 2.70 bits per heavy atom. The quantitative estimate of drug-likeness (QED) is 0.912. The van der Waals surface area contributed by atoms with Gasteiger partial charge in [0, 0.05) is 19.1 Å². The zero-order chi connectivity index (χ0) is 13.9. The molecule has 2 aliphatic rings. The smallest absolute Gasteiger partial charge is 0.0919 e. The first-order chi connectivity index (χ1) is 9.74. The summed E-state index contributed by atoms with van der Waals surface area (Å²) >= 11 is 0. The van der Waals surface area contributed by atoms with E-state index < -0.39 is 0 Å². The highest BCUT2D eigenvalue weighted by Gasteiger charge is 2.30. The molecule has 3 rings (SSSR count). The Morgan fingerprint density at radius 2 is 1.95 bits per heavy atom. The van der Waals surface area contributed by atoms with Crippen LogP contribution in [0.3, 0.4) is 0 Å². The highest BCUT2D eigenvalue weighted by atomic mass is 16.3. The van der Waals surface area contributed by atoms with Crippen molar-refractivity contribution in [2.24, 2.45) is 0 Å². The number of β-amino-alcohol motifs (C(OH)–C–C–N with tert-alkyl or cyclic N) is 1. The number of hydrogen-bond acceptors (Lipinski definition) is 3. The van der Waals surface area contributed by atoms with Crippen molar-refractivity contribution in [3.8, 4) is 0 Å². The van der Waals surface area contributed by atoms with Gasteiger partial charge in [0.15, 0.2) is 0 Å². The summed E-state index contributed by atoms with van der Waals surface area (Å²) in [5, 5.41) is 10.5. The Kier molecular flexibility index (Phi) is 4.39. The standard InChI is InChI=1S/C17H26N2O/c1-14-6-2-3-7-16(14)17(20)13-18-11-8-15(12-18)19-9-4-5-10-19/h2-3,6-7,15,17,20H,4-5,8-13H2,1H3. The summed E-state index contributed by atoms with van der Waals surface area (Å²) in [5.74, 6) is 0. The molecular formula is C17H26N2O. The van der Waals surface area contributed by atoms with Gasteiger partial charge in [0.05, 0.1) is 6.10 Å². The average molecular weight is 274 g/mol. The molecule has 3 nitrogen and oxygen atoms in total. The van der Waals surface area contributed by atoms with Gasteiger partial charge in [-0.05, 0) is 56.9 Å². The minimum absolute atomic E-state index is 0.353. The first kappa shape index (κ1) is 14.1. The van der Waals surface area contributed by atoms with Crippen molar-refractivity contribution in [1.82, 2.24) is 9.80 Å². The molecule has 0 aromatic heterocycles.